The number of likely N-dealkylation sites (N-methyl/N-ethyl adjacent to an activating group) is 1. The van der Waals surface area contributed by atoms with Gasteiger partial charge in [-0.25, -0.2) is 4.68 Å². The molecule has 2 heterocycles. The number of unbranched alkanes of at least 4 members (excludes halogenated alkanes) is 1. The maximum atomic E-state index is 12.6. The first kappa shape index (κ1) is 21.8. The second-order valence-corrected chi connectivity index (χ2v) is 7.99. The molecule has 1 fully saturated rings. The van der Waals surface area contributed by atoms with Crippen molar-refractivity contribution in [3.63, 3.8) is 0 Å². The zero-order chi connectivity index (χ0) is 20.6. The lowest BCUT2D eigenvalue weighted by Gasteiger charge is -2.33. The SMILES string of the molecule is CCN1CCN(CCCCNC(=O)c2c(C)nn(Cc3ccccc3)c2Cl)CC1. The second-order valence-electron chi connectivity index (χ2n) is 7.63. The Labute approximate surface area is 178 Å². The van der Waals surface area contributed by atoms with Crippen LogP contribution < -0.4 is 5.32 Å². The van der Waals surface area contributed by atoms with Gasteiger partial charge in [0, 0.05) is 32.7 Å². The van der Waals surface area contributed by atoms with E-state index >= 15 is 0 Å². The number of hydrogen-bond donors (Lipinski definition) is 1. The number of rotatable bonds is 9. The van der Waals surface area contributed by atoms with Gasteiger partial charge in [0.05, 0.1) is 17.8 Å². The Kier molecular flexibility index (Phi) is 8.09. The van der Waals surface area contributed by atoms with Crippen molar-refractivity contribution in [2.75, 3.05) is 45.8 Å². The van der Waals surface area contributed by atoms with Gasteiger partial charge >= 0.3 is 0 Å². The Balaban J connectivity index is 1.42. The third kappa shape index (κ3) is 6.04. The van der Waals surface area contributed by atoms with Crippen LogP contribution in [0.15, 0.2) is 30.3 Å². The Morgan fingerprint density at radius 2 is 1.79 bits per heavy atom. The number of aryl methyl sites for hydroxylation is 1. The van der Waals surface area contributed by atoms with E-state index in [1.54, 1.807) is 4.68 Å². The number of nitrogens with one attached hydrogen (secondary N) is 1. The summed E-state index contributed by atoms with van der Waals surface area (Å²) >= 11 is 6.47. The van der Waals surface area contributed by atoms with E-state index < -0.39 is 0 Å². The van der Waals surface area contributed by atoms with Crippen molar-refractivity contribution in [1.29, 1.82) is 0 Å². The number of benzene rings is 1. The van der Waals surface area contributed by atoms with Crippen molar-refractivity contribution < 1.29 is 4.79 Å². The monoisotopic (exact) mass is 417 g/mol. The lowest BCUT2D eigenvalue weighted by molar-refractivity contribution is 0.0951. The normalized spacial score (nSPS) is 15.6. The average molecular weight is 418 g/mol. The number of carbonyl (C=O) groups is 1. The molecule has 1 N–H and O–H groups in total. The highest BCUT2D eigenvalue weighted by atomic mass is 35.5. The molecule has 0 unspecified atom stereocenters. The van der Waals surface area contributed by atoms with Crippen LogP contribution in [0.25, 0.3) is 0 Å². The van der Waals surface area contributed by atoms with E-state index in [4.69, 9.17) is 11.6 Å². The van der Waals surface area contributed by atoms with Gasteiger partial charge in [-0.05, 0) is 38.4 Å². The molecule has 0 atom stereocenters. The highest BCUT2D eigenvalue weighted by Crippen LogP contribution is 2.21. The van der Waals surface area contributed by atoms with Crippen molar-refractivity contribution in [3.8, 4) is 0 Å². The first-order valence-corrected chi connectivity index (χ1v) is 11.0. The minimum absolute atomic E-state index is 0.136. The molecule has 7 heteroatoms. The van der Waals surface area contributed by atoms with E-state index in [0.29, 0.717) is 29.5 Å². The number of carbonyl (C=O) groups excluding carboxylic acids is 1. The number of halogens is 1. The van der Waals surface area contributed by atoms with Gasteiger partial charge in [-0.15, -0.1) is 0 Å². The van der Waals surface area contributed by atoms with Crippen molar-refractivity contribution in [2.45, 2.75) is 33.2 Å². The molecule has 0 bridgehead atoms. The van der Waals surface area contributed by atoms with Crippen LogP contribution in [0.1, 0.15) is 41.4 Å². The fourth-order valence-corrected chi connectivity index (χ4v) is 4.07. The van der Waals surface area contributed by atoms with Gasteiger partial charge in [0.15, 0.2) is 0 Å². The molecule has 1 aliphatic heterocycles. The van der Waals surface area contributed by atoms with Gasteiger partial charge in [-0.3, -0.25) is 4.79 Å². The van der Waals surface area contributed by atoms with Crippen LogP contribution in [0, 0.1) is 6.92 Å². The van der Waals surface area contributed by atoms with E-state index in [2.05, 4.69) is 27.1 Å². The highest BCUT2D eigenvalue weighted by molar-refractivity contribution is 6.33. The molecule has 2 aromatic rings. The first-order chi connectivity index (χ1) is 14.1. The van der Waals surface area contributed by atoms with Gasteiger partial charge in [0.1, 0.15) is 5.15 Å². The predicted octanol–water partition coefficient (Wildman–Crippen LogP) is 3.04. The summed E-state index contributed by atoms with van der Waals surface area (Å²) in [5.74, 6) is -0.136. The smallest absolute Gasteiger partial charge is 0.256 e. The van der Waals surface area contributed by atoms with Crippen molar-refractivity contribution in [2.24, 2.45) is 0 Å². The van der Waals surface area contributed by atoms with E-state index in [0.717, 1.165) is 57.7 Å². The van der Waals surface area contributed by atoms with Crippen LogP contribution in [-0.2, 0) is 6.54 Å². The van der Waals surface area contributed by atoms with Gasteiger partial charge in [-0.2, -0.15) is 5.10 Å². The minimum atomic E-state index is -0.136. The maximum Gasteiger partial charge on any atom is 0.256 e. The van der Waals surface area contributed by atoms with Gasteiger partial charge < -0.3 is 15.1 Å². The Morgan fingerprint density at radius 1 is 1.10 bits per heavy atom. The molecule has 1 aromatic carbocycles. The average Bonchev–Trinajstić information content (AvgIpc) is 3.01. The summed E-state index contributed by atoms with van der Waals surface area (Å²) in [5.41, 5.74) is 2.25. The summed E-state index contributed by atoms with van der Waals surface area (Å²) in [6.45, 7) is 12.1. The number of hydrogen-bond acceptors (Lipinski definition) is 4. The molecule has 0 radical (unpaired) electrons. The summed E-state index contributed by atoms with van der Waals surface area (Å²) < 4.78 is 1.69. The summed E-state index contributed by atoms with van der Waals surface area (Å²) in [7, 11) is 0. The fourth-order valence-electron chi connectivity index (χ4n) is 3.75. The van der Waals surface area contributed by atoms with Gasteiger partial charge in [0.2, 0.25) is 0 Å². The molecule has 0 aliphatic carbocycles. The minimum Gasteiger partial charge on any atom is -0.352 e. The standard InChI is InChI=1S/C22H32ClN5O/c1-3-26-13-15-27(16-14-26)12-8-7-11-24-22(29)20-18(2)25-28(21(20)23)17-19-9-5-4-6-10-19/h4-6,9-10H,3,7-8,11-17H2,1-2H3,(H,24,29). The molecule has 6 nitrogen and oxygen atoms in total. The predicted molar refractivity (Wildman–Crippen MR) is 118 cm³/mol. The molecule has 1 aliphatic rings. The van der Waals surface area contributed by atoms with E-state index in [1.165, 1.54) is 0 Å². The fraction of sp³-hybridized carbons (Fsp3) is 0.545. The number of amides is 1. The molecule has 29 heavy (non-hydrogen) atoms. The Hall–Kier alpha value is -1.89. The van der Waals surface area contributed by atoms with Crippen molar-refractivity contribution in [1.82, 2.24) is 24.9 Å². The van der Waals surface area contributed by atoms with Crippen LogP contribution in [-0.4, -0.2) is 71.3 Å². The van der Waals surface area contributed by atoms with Crippen LogP contribution in [0.5, 0.6) is 0 Å². The molecular weight excluding hydrogens is 386 g/mol. The Morgan fingerprint density at radius 3 is 2.48 bits per heavy atom. The van der Waals surface area contributed by atoms with E-state index in [1.807, 2.05) is 37.3 Å². The summed E-state index contributed by atoms with van der Waals surface area (Å²) in [6.07, 6.45) is 2.06. The zero-order valence-corrected chi connectivity index (χ0v) is 18.3. The third-order valence-electron chi connectivity index (χ3n) is 5.57. The zero-order valence-electron chi connectivity index (χ0n) is 17.5. The van der Waals surface area contributed by atoms with Crippen molar-refractivity contribution >= 4 is 17.5 Å². The quantitative estimate of drug-likeness (QED) is 0.637. The largest absolute Gasteiger partial charge is 0.352 e. The molecule has 0 saturated carbocycles. The number of nitrogens with zero attached hydrogens (tertiary/aromatic N) is 4. The first-order valence-electron chi connectivity index (χ1n) is 10.6. The molecule has 1 saturated heterocycles. The molecule has 0 spiro atoms. The summed E-state index contributed by atoms with van der Waals surface area (Å²) in [4.78, 5) is 17.6. The second kappa shape index (κ2) is 10.8. The topological polar surface area (TPSA) is 53.4 Å². The van der Waals surface area contributed by atoms with E-state index in [9.17, 15) is 4.79 Å². The van der Waals surface area contributed by atoms with Gasteiger partial charge in [0.25, 0.3) is 5.91 Å². The van der Waals surface area contributed by atoms with Crippen LogP contribution in [0.3, 0.4) is 0 Å². The molecular formula is C22H32ClN5O. The number of aromatic nitrogens is 2. The maximum absolute atomic E-state index is 12.6. The van der Waals surface area contributed by atoms with Gasteiger partial charge in [-0.1, -0.05) is 48.9 Å². The number of piperazine rings is 1. The molecule has 3 rings (SSSR count). The highest BCUT2D eigenvalue weighted by Gasteiger charge is 2.20. The van der Waals surface area contributed by atoms with Crippen molar-refractivity contribution in [3.05, 3.63) is 52.3 Å². The summed E-state index contributed by atoms with van der Waals surface area (Å²) in [6, 6.07) is 9.99. The third-order valence-corrected chi connectivity index (χ3v) is 5.95. The lowest BCUT2D eigenvalue weighted by Crippen LogP contribution is -2.46. The van der Waals surface area contributed by atoms with Crippen LogP contribution in [0.4, 0.5) is 0 Å². The summed E-state index contributed by atoms with van der Waals surface area (Å²) in [5, 5.41) is 7.87. The molecule has 158 valence electrons. The lowest BCUT2D eigenvalue weighted by atomic mass is 10.2. The Bertz CT molecular complexity index is 784. The van der Waals surface area contributed by atoms with E-state index in [-0.39, 0.29) is 5.91 Å². The molecule has 1 amide bonds. The van der Waals surface area contributed by atoms with Crippen LogP contribution in [0.2, 0.25) is 5.15 Å². The molecule has 1 aromatic heterocycles. The van der Waals surface area contributed by atoms with Crippen LogP contribution >= 0.6 is 11.6 Å².